The number of hydrogen-bond acceptors (Lipinski definition) is 4. The van der Waals surface area contributed by atoms with E-state index < -0.39 is 23.6 Å². The molecule has 0 heterocycles. The second-order valence-corrected chi connectivity index (χ2v) is 8.30. The van der Waals surface area contributed by atoms with E-state index in [1.54, 1.807) is 0 Å². The zero-order chi connectivity index (χ0) is 22.9. The summed E-state index contributed by atoms with van der Waals surface area (Å²) in [4.78, 5) is 23.5. The number of carbonyl (C=O) groups excluding carboxylic acids is 1. The van der Waals surface area contributed by atoms with E-state index in [0.717, 1.165) is 23.2 Å². The van der Waals surface area contributed by atoms with Crippen molar-refractivity contribution in [3.8, 4) is 0 Å². The summed E-state index contributed by atoms with van der Waals surface area (Å²) in [5.41, 5.74) is 2.69. The molecule has 6 heteroatoms. The van der Waals surface area contributed by atoms with Gasteiger partial charge >= 0.3 is 12.1 Å². The molecular formula is C25H32N2O4. The second-order valence-electron chi connectivity index (χ2n) is 8.30. The second kappa shape index (κ2) is 11.2. The molecule has 0 fully saturated rings. The molecule has 2 aromatic carbocycles. The first-order valence-electron chi connectivity index (χ1n) is 10.5. The number of rotatable bonds is 9. The Morgan fingerprint density at radius 2 is 1.71 bits per heavy atom. The summed E-state index contributed by atoms with van der Waals surface area (Å²) in [6.45, 7) is 8.00. The summed E-state index contributed by atoms with van der Waals surface area (Å²) in [7, 11) is 0. The molecular weight excluding hydrogens is 392 g/mol. The van der Waals surface area contributed by atoms with E-state index in [-0.39, 0.29) is 0 Å². The molecule has 166 valence electrons. The minimum Gasteiger partial charge on any atom is -0.481 e. The summed E-state index contributed by atoms with van der Waals surface area (Å²) in [5, 5.41) is 15.4. The number of benzene rings is 2. The number of nitrogens with one attached hydrogen (secondary N) is 2. The van der Waals surface area contributed by atoms with Gasteiger partial charge in [-0.25, -0.2) is 4.79 Å². The van der Waals surface area contributed by atoms with Crippen molar-refractivity contribution in [3.63, 3.8) is 0 Å². The van der Waals surface area contributed by atoms with Gasteiger partial charge in [0.05, 0.1) is 17.3 Å². The number of para-hydroxylation sites is 2. The molecule has 0 saturated heterocycles. The van der Waals surface area contributed by atoms with Crippen LogP contribution in [0.25, 0.3) is 6.08 Å². The van der Waals surface area contributed by atoms with Gasteiger partial charge in [-0.2, -0.15) is 0 Å². The molecule has 1 unspecified atom stereocenters. The zero-order valence-corrected chi connectivity index (χ0v) is 18.6. The predicted octanol–water partition coefficient (Wildman–Crippen LogP) is 6.13. The maximum Gasteiger partial charge on any atom is 0.412 e. The molecule has 0 aliphatic rings. The fourth-order valence-electron chi connectivity index (χ4n) is 3.08. The third kappa shape index (κ3) is 8.16. The standard InChI is InChI=1S/C25H32N2O4/c1-5-9-20(23(28)29)19-15-13-18(14-16-19)10-8-17-26-21-11-6-7-12-22(21)27-24(30)31-25(2,3)4/h6-8,10-16,20,26H,5,9,17H2,1-4H3,(H,27,30)(H,28,29). The molecule has 0 radical (unpaired) electrons. The molecule has 0 bridgehead atoms. The minimum atomic E-state index is -0.784. The van der Waals surface area contributed by atoms with Gasteiger partial charge in [-0.1, -0.05) is 61.9 Å². The van der Waals surface area contributed by atoms with Crippen molar-refractivity contribution in [1.82, 2.24) is 0 Å². The lowest BCUT2D eigenvalue weighted by Crippen LogP contribution is -2.27. The smallest absolute Gasteiger partial charge is 0.412 e. The van der Waals surface area contributed by atoms with Gasteiger partial charge in [-0.3, -0.25) is 10.1 Å². The highest BCUT2D eigenvalue weighted by Gasteiger charge is 2.18. The van der Waals surface area contributed by atoms with Gasteiger partial charge in [0.25, 0.3) is 0 Å². The molecule has 3 N–H and O–H groups in total. The Balaban J connectivity index is 1.95. The lowest BCUT2D eigenvalue weighted by molar-refractivity contribution is -0.139. The molecule has 2 rings (SSSR count). The maximum absolute atomic E-state index is 12.0. The number of anilines is 2. The summed E-state index contributed by atoms with van der Waals surface area (Å²) >= 11 is 0. The van der Waals surface area contributed by atoms with E-state index in [4.69, 9.17) is 4.74 Å². The summed E-state index contributed by atoms with van der Waals surface area (Å²) in [6.07, 6.45) is 4.90. The van der Waals surface area contributed by atoms with E-state index in [9.17, 15) is 14.7 Å². The number of ether oxygens (including phenoxy) is 1. The molecule has 1 amide bonds. The monoisotopic (exact) mass is 424 g/mol. The van der Waals surface area contributed by atoms with Gasteiger partial charge < -0.3 is 15.2 Å². The number of carboxylic acids is 1. The Morgan fingerprint density at radius 1 is 1.06 bits per heavy atom. The third-order valence-corrected chi connectivity index (χ3v) is 4.50. The van der Waals surface area contributed by atoms with Crippen molar-refractivity contribution in [2.75, 3.05) is 17.2 Å². The van der Waals surface area contributed by atoms with Crippen LogP contribution in [0.2, 0.25) is 0 Å². The minimum absolute atomic E-state index is 0.460. The number of aliphatic carboxylic acids is 1. The molecule has 1 atom stereocenters. The van der Waals surface area contributed by atoms with Crippen LogP contribution in [-0.2, 0) is 9.53 Å². The molecule has 31 heavy (non-hydrogen) atoms. The van der Waals surface area contributed by atoms with Gasteiger partial charge in [-0.05, 0) is 50.5 Å². The van der Waals surface area contributed by atoms with E-state index >= 15 is 0 Å². The average Bonchev–Trinajstić information content (AvgIpc) is 2.69. The molecule has 0 spiro atoms. The molecule has 2 aromatic rings. The Labute approximate surface area is 184 Å². The van der Waals surface area contributed by atoms with Crippen LogP contribution < -0.4 is 10.6 Å². The lowest BCUT2D eigenvalue weighted by atomic mass is 9.94. The van der Waals surface area contributed by atoms with Crippen LogP contribution >= 0.6 is 0 Å². The highest BCUT2D eigenvalue weighted by atomic mass is 16.6. The SMILES string of the molecule is CCCC(C(=O)O)c1ccc(C=CCNc2ccccc2NC(=O)OC(C)(C)C)cc1. The Kier molecular flexibility index (Phi) is 8.67. The first-order valence-corrected chi connectivity index (χ1v) is 10.5. The van der Waals surface area contributed by atoms with E-state index in [0.29, 0.717) is 18.7 Å². The van der Waals surface area contributed by atoms with Crippen LogP contribution in [0.5, 0.6) is 0 Å². The normalized spacial score (nSPS) is 12.4. The van der Waals surface area contributed by atoms with E-state index in [1.165, 1.54) is 0 Å². The van der Waals surface area contributed by atoms with E-state index in [1.807, 2.05) is 88.4 Å². The van der Waals surface area contributed by atoms with Gasteiger partial charge in [-0.15, -0.1) is 0 Å². The highest BCUT2D eigenvalue weighted by molar-refractivity contribution is 5.89. The molecule has 0 aromatic heterocycles. The Hall–Kier alpha value is -3.28. The number of carboxylic acid groups (broad SMARTS) is 1. The van der Waals surface area contributed by atoms with Crippen LogP contribution in [0.1, 0.15) is 57.6 Å². The van der Waals surface area contributed by atoms with Crippen LogP contribution in [0, 0.1) is 0 Å². The maximum atomic E-state index is 12.0. The van der Waals surface area contributed by atoms with Crippen molar-refractivity contribution in [1.29, 1.82) is 0 Å². The van der Waals surface area contributed by atoms with Gasteiger partial charge in [0.2, 0.25) is 0 Å². The van der Waals surface area contributed by atoms with Crippen molar-refractivity contribution in [2.24, 2.45) is 0 Å². The highest BCUT2D eigenvalue weighted by Crippen LogP contribution is 2.23. The quantitative estimate of drug-likeness (QED) is 0.451. The molecule has 6 nitrogen and oxygen atoms in total. The topological polar surface area (TPSA) is 87.7 Å². The Morgan fingerprint density at radius 3 is 2.29 bits per heavy atom. The molecule has 0 saturated carbocycles. The van der Waals surface area contributed by atoms with Gasteiger partial charge in [0, 0.05) is 6.54 Å². The van der Waals surface area contributed by atoms with Crippen LogP contribution in [0.4, 0.5) is 16.2 Å². The average molecular weight is 425 g/mol. The van der Waals surface area contributed by atoms with Gasteiger partial charge in [0.15, 0.2) is 0 Å². The fourth-order valence-corrected chi connectivity index (χ4v) is 3.08. The summed E-state index contributed by atoms with van der Waals surface area (Å²) in [5.74, 6) is -1.24. The van der Waals surface area contributed by atoms with E-state index in [2.05, 4.69) is 10.6 Å². The third-order valence-electron chi connectivity index (χ3n) is 4.50. The van der Waals surface area contributed by atoms with Crippen LogP contribution in [0.3, 0.4) is 0 Å². The van der Waals surface area contributed by atoms with Crippen LogP contribution in [0.15, 0.2) is 54.6 Å². The van der Waals surface area contributed by atoms with Crippen molar-refractivity contribution in [3.05, 3.63) is 65.7 Å². The summed E-state index contributed by atoms with van der Waals surface area (Å²) in [6, 6.07) is 15.0. The molecule has 0 aliphatic heterocycles. The predicted molar refractivity (Wildman–Crippen MR) is 126 cm³/mol. The first-order chi connectivity index (χ1) is 14.7. The summed E-state index contributed by atoms with van der Waals surface area (Å²) < 4.78 is 5.31. The van der Waals surface area contributed by atoms with Crippen molar-refractivity contribution in [2.45, 2.75) is 52.1 Å². The number of amides is 1. The number of carbonyl (C=O) groups is 2. The number of hydrogen-bond donors (Lipinski definition) is 3. The molecule has 0 aliphatic carbocycles. The van der Waals surface area contributed by atoms with Crippen molar-refractivity contribution >= 4 is 29.5 Å². The Bertz CT molecular complexity index is 898. The largest absolute Gasteiger partial charge is 0.481 e. The van der Waals surface area contributed by atoms with Gasteiger partial charge in [0.1, 0.15) is 5.60 Å². The zero-order valence-electron chi connectivity index (χ0n) is 18.6. The lowest BCUT2D eigenvalue weighted by Gasteiger charge is -2.20. The van der Waals surface area contributed by atoms with Crippen molar-refractivity contribution < 1.29 is 19.4 Å². The first kappa shape index (κ1) is 24.0. The van der Waals surface area contributed by atoms with Crippen LogP contribution in [-0.4, -0.2) is 29.3 Å². The fraction of sp³-hybridized carbons (Fsp3) is 0.360.